The fraction of sp³-hybridized carbons (Fsp3) is 0.167. The number of hydrogen-bond donors (Lipinski definition) is 2. The lowest BCUT2D eigenvalue weighted by atomic mass is 10.1. The normalized spacial score (nSPS) is 12.0. The molecular weight excluding hydrogens is 288 g/mol. The maximum atomic E-state index is 12.2. The third-order valence-electron chi connectivity index (χ3n) is 3.62. The van der Waals surface area contributed by atoms with Crippen molar-refractivity contribution >= 4 is 22.8 Å². The molecule has 5 heteroatoms. The lowest BCUT2D eigenvalue weighted by Crippen LogP contribution is -2.36. The van der Waals surface area contributed by atoms with E-state index in [0.29, 0.717) is 12.2 Å². The van der Waals surface area contributed by atoms with E-state index < -0.39 is 6.04 Å². The van der Waals surface area contributed by atoms with E-state index in [4.69, 9.17) is 5.73 Å². The number of carbonyl (C=O) groups excluding carboxylic acids is 1. The molecule has 2 aromatic carbocycles. The molecule has 3 aromatic rings. The van der Waals surface area contributed by atoms with Gasteiger partial charge in [0.2, 0.25) is 5.91 Å². The largest absolute Gasteiger partial charge is 0.320 e. The summed E-state index contributed by atoms with van der Waals surface area (Å²) >= 11 is 0. The Morgan fingerprint density at radius 3 is 2.52 bits per heavy atom. The summed E-state index contributed by atoms with van der Waals surface area (Å²) in [5.74, 6) is 0.175. The van der Waals surface area contributed by atoms with Crippen LogP contribution in [0.5, 0.6) is 0 Å². The molecule has 1 amide bonds. The summed E-state index contributed by atoms with van der Waals surface area (Å²) in [6.07, 6.45) is 2.89. The summed E-state index contributed by atoms with van der Waals surface area (Å²) in [4.78, 5) is 20.8. The van der Waals surface area contributed by atoms with Gasteiger partial charge in [0, 0.05) is 0 Å². The number of rotatable bonds is 5. The number of nitrogens with two attached hydrogens (primary N) is 1. The number of fused-ring (bicyclic) bond motifs is 1. The zero-order valence-corrected chi connectivity index (χ0v) is 12.6. The number of nitrogens with one attached hydrogen (secondary N) is 1. The van der Waals surface area contributed by atoms with Crippen molar-refractivity contribution in [1.29, 1.82) is 0 Å². The topological polar surface area (TPSA) is 80.9 Å². The molecule has 0 aliphatic rings. The van der Waals surface area contributed by atoms with Crippen molar-refractivity contribution < 1.29 is 4.79 Å². The van der Waals surface area contributed by atoms with Crippen LogP contribution in [0.1, 0.15) is 12.0 Å². The minimum atomic E-state index is -0.580. The minimum Gasteiger partial charge on any atom is -0.320 e. The number of amides is 1. The predicted molar refractivity (Wildman–Crippen MR) is 90.9 cm³/mol. The molecule has 0 aliphatic heterocycles. The van der Waals surface area contributed by atoms with Gasteiger partial charge in [-0.1, -0.05) is 42.5 Å². The van der Waals surface area contributed by atoms with Crippen LogP contribution in [0.25, 0.3) is 11.0 Å². The Bertz CT molecular complexity index is 804. The van der Waals surface area contributed by atoms with Crippen LogP contribution in [0.15, 0.2) is 60.8 Å². The summed E-state index contributed by atoms with van der Waals surface area (Å²) in [6.45, 7) is 0. The van der Waals surface area contributed by atoms with Gasteiger partial charge in [0.15, 0.2) is 5.82 Å². The van der Waals surface area contributed by atoms with E-state index >= 15 is 0 Å². The molecule has 23 heavy (non-hydrogen) atoms. The predicted octanol–water partition coefficient (Wildman–Crippen LogP) is 2.53. The maximum absolute atomic E-state index is 12.2. The second-order valence-corrected chi connectivity index (χ2v) is 5.36. The van der Waals surface area contributed by atoms with Crippen molar-refractivity contribution in [3.05, 3.63) is 66.4 Å². The zero-order chi connectivity index (χ0) is 16.1. The Hall–Kier alpha value is -2.79. The first-order valence-electron chi connectivity index (χ1n) is 7.54. The number of aryl methyl sites for hydroxylation is 1. The second kappa shape index (κ2) is 6.98. The quantitative estimate of drug-likeness (QED) is 0.759. The number of anilines is 1. The molecule has 0 unspecified atom stereocenters. The summed E-state index contributed by atoms with van der Waals surface area (Å²) in [5, 5.41) is 2.73. The van der Waals surface area contributed by atoms with Crippen molar-refractivity contribution in [2.24, 2.45) is 5.73 Å². The first-order valence-corrected chi connectivity index (χ1v) is 7.54. The van der Waals surface area contributed by atoms with Crippen LogP contribution in [-0.4, -0.2) is 21.9 Å². The van der Waals surface area contributed by atoms with Crippen LogP contribution >= 0.6 is 0 Å². The van der Waals surface area contributed by atoms with Gasteiger partial charge in [-0.25, -0.2) is 4.98 Å². The van der Waals surface area contributed by atoms with Gasteiger partial charge in [-0.05, 0) is 30.5 Å². The Morgan fingerprint density at radius 2 is 1.74 bits per heavy atom. The third kappa shape index (κ3) is 3.90. The monoisotopic (exact) mass is 306 g/mol. The number of para-hydroxylation sites is 2. The van der Waals surface area contributed by atoms with Crippen LogP contribution in [0.4, 0.5) is 5.82 Å². The molecule has 3 rings (SSSR count). The van der Waals surface area contributed by atoms with Crippen LogP contribution in [0.3, 0.4) is 0 Å². The fourth-order valence-corrected chi connectivity index (χ4v) is 2.33. The average Bonchev–Trinajstić information content (AvgIpc) is 2.60. The molecule has 1 aromatic heterocycles. The first kappa shape index (κ1) is 15.1. The molecule has 0 fully saturated rings. The average molecular weight is 306 g/mol. The molecule has 3 N–H and O–H groups in total. The van der Waals surface area contributed by atoms with Gasteiger partial charge in [-0.3, -0.25) is 9.78 Å². The van der Waals surface area contributed by atoms with E-state index in [1.54, 1.807) is 6.20 Å². The molecule has 1 atom stereocenters. The number of carbonyl (C=O) groups is 1. The van der Waals surface area contributed by atoms with E-state index in [2.05, 4.69) is 15.3 Å². The van der Waals surface area contributed by atoms with Crippen molar-refractivity contribution in [1.82, 2.24) is 9.97 Å². The number of nitrogens with zero attached hydrogens (tertiary/aromatic N) is 2. The number of aromatic nitrogens is 2. The van der Waals surface area contributed by atoms with Crippen molar-refractivity contribution in [2.75, 3.05) is 5.32 Å². The minimum absolute atomic E-state index is 0.245. The molecular formula is C18H18N4O. The van der Waals surface area contributed by atoms with E-state index in [-0.39, 0.29) is 5.91 Å². The summed E-state index contributed by atoms with van der Waals surface area (Å²) in [6, 6.07) is 16.9. The van der Waals surface area contributed by atoms with Crippen LogP contribution < -0.4 is 11.1 Å². The maximum Gasteiger partial charge on any atom is 0.242 e. The lowest BCUT2D eigenvalue weighted by Gasteiger charge is -2.12. The first-order chi connectivity index (χ1) is 11.2. The molecule has 116 valence electrons. The van der Waals surface area contributed by atoms with Gasteiger partial charge in [0.25, 0.3) is 0 Å². The summed E-state index contributed by atoms with van der Waals surface area (Å²) < 4.78 is 0. The Labute approximate surface area is 134 Å². The standard InChI is InChI=1S/C18H18N4O/c19-14(11-10-13-6-2-1-3-7-13)18(23)22-17-12-20-15-8-4-5-9-16(15)21-17/h1-9,12,14H,10-11,19H2,(H,21,22,23)/t14-/m1/s1. The third-order valence-corrected chi connectivity index (χ3v) is 3.62. The Balaban J connectivity index is 1.60. The molecule has 0 aliphatic carbocycles. The van der Waals surface area contributed by atoms with Gasteiger partial charge < -0.3 is 11.1 Å². The van der Waals surface area contributed by atoms with Gasteiger partial charge in [0.1, 0.15) is 0 Å². The molecule has 0 saturated carbocycles. The molecule has 5 nitrogen and oxygen atoms in total. The van der Waals surface area contributed by atoms with E-state index in [9.17, 15) is 4.79 Å². The molecule has 0 spiro atoms. The molecule has 1 heterocycles. The summed E-state index contributed by atoms with van der Waals surface area (Å²) in [5.41, 5.74) is 8.66. The van der Waals surface area contributed by atoms with Crippen LogP contribution in [0, 0.1) is 0 Å². The van der Waals surface area contributed by atoms with Gasteiger partial charge in [0.05, 0.1) is 23.3 Å². The second-order valence-electron chi connectivity index (χ2n) is 5.36. The number of hydrogen-bond acceptors (Lipinski definition) is 4. The Kier molecular flexibility index (Phi) is 4.59. The van der Waals surface area contributed by atoms with Crippen molar-refractivity contribution in [3.8, 4) is 0 Å². The lowest BCUT2D eigenvalue weighted by molar-refractivity contribution is -0.117. The van der Waals surface area contributed by atoms with Gasteiger partial charge in [-0.2, -0.15) is 0 Å². The fourth-order valence-electron chi connectivity index (χ4n) is 2.33. The Morgan fingerprint density at radius 1 is 1.04 bits per heavy atom. The van der Waals surface area contributed by atoms with E-state index in [0.717, 1.165) is 17.5 Å². The zero-order valence-electron chi connectivity index (χ0n) is 12.6. The van der Waals surface area contributed by atoms with Gasteiger partial charge >= 0.3 is 0 Å². The van der Waals surface area contributed by atoms with Crippen LogP contribution in [-0.2, 0) is 11.2 Å². The van der Waals surface area contributed by atoms with E-state index in [1.165, 1.54) is 5.56 Å². The molecule has 0 bridgehead atoms. The van der Waals surface area contributed by atoms with Crippen LogP contribution in [0.2, 0.25) is 0 Å². The highest BCUT2D eigenvalue weighted by molar-refractivity contribution is 5.94. The highest BCUT2D eigenvalue weighted by Gasteiger charge is 2.14. The van der Waals surface area contributed by atoms with Crippen molar-refractivity contribution in [3.63, 3.8) is 0 Å². The highest BCUT2D eigenvalue weighted by Crippen LogP contribution is 2.12. The molecule has 0 saturated heterocycles. The van der Waals surface area contributed by atoms with Crippen molar-refractivity contribution in [2.45, 2.75) is 18.9 Å². The van der Waals surface area contributed by atoms with Gasteiger partial charge in [-0.15, -0.1) is 0 Å². The summed E-state index contributed by atoms with van der Waals surface area (Å²) in [7, 11) is 0. The van der Waals surface area contributed by atoms with E-state index in [1.807, 2.05) is 54.6 Å². The number of benzene rings is 2. The highest BCUT2D eigenvalue weighted by atomic mass is 16.2. The smallest absolute Gasteiger partial charge is 0.242 e. The SMILES string of the molecule is N[C@H](CCc1ccccc1)C(=O)Nc1cnc2ccccc2n1. The molecule has 0 radical (unpaired) electrons.